The van der Waals surface area contributed by atoms with E-state index in [1.807, 2.05) is 33.0 Å². The van der Waals surface area contributed by atoms with Gasteiger partial charge in [0.25, 0.3) is 0 Å². The van der Waals surface area contributed by atoms with Crippen LogP contribution in [0.15, 0.2) is 30.7 Å². The summed E-state index contributed by atoms with van der Waals surface area (Å²) >= 11 is 6.08. The van der Waals surface area contributed by atoms with E-state index in [1.54, 1.807) is 30.4 Å². The van der Waals surface area contributed by atoms with Crippen LogP contribution in [0.1, 0.15) is 27.2 Å². The fraction of sp³-hybridized carbons (Fsp3) is 0.368. The van der Waals surface area contributed by atoms with Gasteiger partial charge in [-0.05, 0) is 32.4 Å². The maximum Gasteiger partial charge on any atom is 0.247 e. The lowest BCUT2D eigenvalue weighted by molar-refractivity contribution is -0.134. The molecular weight excluding hydrogens is 364 g/mol. The van der Waals surface area contributed by atoms with Gasteiger partial charge in [0.05, 0.1) is 5.02 Å². The maximum atomic E-state index is 12.7. The summed E-state index contributed by atoms with van der Waals surface area (Å²) in [6.45, 7) is 6.46. The van der Waals surface area contributed by atoms with Crippen molar-refractivity contribution in [3.05, 3.63) is 35.7 Å². The minimum atomic E-state index is -0.749. The van der Waals surface area contributed by atoms with Gasteiger partial charge in [-0.15, -0.1) is 0 Å². The molecule has 0 aliphatic carbocycles. The Morgan fingerprint density at radius 3 is 2.85 bits per heavy atom. The Labute approximate surface area is 163 Å². The SMILES string of the molecule is CCN(C)C(=O)[C@@](C)(CC)Nc1ccnc(-c2c[nH]c3ncc(Cl)cc23)n1. The van der Waals surface area contributed by atoms with Crippen LogP contribution in [0.5, 0.6) is 0 Å². The van der Waals surface area contributed by atoms with Crippen molar-refractivity contribution in [3.63, 3.8) is 0 Å². The monoisotopic (exact) mass is 386 g/mol. The van der Waals surface area contributed by atoms with Crippen molar-refractivity contribution in [1.82, 2.24) is 24.8 Å². The maximum absolute atomic E-state index is 12.7. The Morgan fingerprint density at radius 2 is 2.15 bits per heavy atom. The van der Waals surface area contributed by atoms with E-state index in [1.165, 1.54) is 0 Å². The van der Waals surface area contributed by atoms with Crippen LogP contribution in [0.2, 0.25) is 5.02 Å². The molecule has 1 amide bonds. The first-order valence-corrected chi connectivity index (χ1v) is 9.25. The molecule has 0 saturated carbocycles. The average molecular weight is 387 g/mol. The molecular formula is C19H23ClN6O. The molecule has 1 atom stereocenters. The van der Waals surface area contributed by atoms with Crippen LogP contribution >= 0.6 is 11.6 Å². The Morgan fingerprint density at radius 1 is 1.37 bits per heavy atom. The van der Waals surface area contributed by atoms with Crippen molar-refractivity contribution in [1.29, 1.82) is 0 Å². The zero-order valence-corrected chi connectivity index (χ0v) is 16.6. The van der Waals surface area contributed by atoms with Gasteiger partial charge in [-0.25, -0.2) is 15.0 Å². The molecule has 27 heavy (non-hydrogen) atoms. The molecule has 0 fully saturated rings. The quantitative estimate of drug-likeness (QED) is 0.674. The number of amides is 1. The van der Waals surface area contributed by atoms with Crippen molar-refractivity contribution < 1.29 is 4.79 Å². The van der Waals surface area contributed by atoms with Crippen molar-refractivity contribution in [2.45, 2.75) is 32.7 Å². The number of hydrogen-bond acceptors (Lipinski definition) is 5. The molecule has 3 aromatic heterocycles. The van der Waals surface area contributed by atoms with Crippen LogP contribution in [-0.4, -0.2) is 49.9 Å². The van der Waals surface area contributed by atoms with E-state index < -0.39 is 5.54 Å². The number of likely N-dealkylation sites (N-methyl/N-ethyl adjacent to an activating group) is 1. The molecule has 0 unspecified atom stereocenters. The zero-order chi connectivity index (χ0) is 19.6. The summed E-state index contributed by atoms with van der Waals surface area (Å²) < 4.78 is 0. The summed E-state index contributed by atoms with van der Waals surface area (Å²) in [5.41, 5.74) is 0.773. The number of carbonyl (C=O) groups excluding carboxylic acids is 1. The van der Waals surface area contributed by atoms with Gasteiger partial charge in [-0.3, -0.25) is 4.79 Å². The van der Waals surface area contributed by atoms with Crippen LogP contribution in [0.4, 0.5) is 5.82 Å². The fourth-order valence-electron chi connectivity index (χ4n) is 2.86. The number of nitrogens with one attached hydrogen (secondary N) is 2. The normalized spacial score (nSPS) is 13.4. The minimum absolute atomic E-state index is 0.0238. The van der Waals surface area contributed by atoms with Gasteiger partial charge in [0.2, 0.25) is 5.91 Å². The summed E-state index contributed by atoms with van der Waals surface area (Å²) in [6, 6.07) is 3.59. The number of aromatic nitrogens is 4. The van der Waals surface area contributed by atoms with Crippen molar-refractivity contribution >= 4 is 34.4 Å². The molecule has 0 spiro atoms. The van der Waals surface area contributed by atoms with E-state index in [4.69, 9.17) is 11.6 Å². The molecule has 0 radical (unpaired) electrons. The summed E-state index contributed by atoms with van der Waals surface area (Å²) in [4.78, 5) is 30.8. The number of pyridine rings is 1. The van der Waals surface area contributed by atoms with Crippen LogP contribution < -0.4 is 5.32 Å². The highest BCUT2D eigenvalue weighted by Gasteiger charge is 2.33. The Kier molecular flexibility index (Phi) is 5.32. The van der Waals surface area contributed by atoms with Crippen LogP contribution in [0.3, 0.4) is 0 Å². The lowest BCUT2D eigenvalue weighted by Crippen LogP contribution is -2.50. The minimum Gasteiger partial charge on any atom is -0.356 e. The third-order valence-electron chi connectivity index (χ3n) is 4.80. The highest BCUT2D eigenvalue weighted by Crippen LogP contribution is 2.28. The second kappa shape index (κ2) is 7.52. The van der Waals surface area contributed by atoms with E-state index in [0.717, 1.165) is 16.6 Å². The first kappa shape index (κ1) is 19.1. The molecule has 3 rings (SSSR count). The first-order chi connectivity index (χ1) is 12.9. The molecule has 0 aliphatic rings. The van der Waals surface area contributed by atoms with Gasteiger partial charge in [0.15, 0.2) is 5.82 Å². The summed E-state index contributed by atoms with van der Waals surface area (Å²) in [6.07, 6.45) is 5.70. The smallest absolute Gasteiger partial charge is 0.247 e. The topological polar surface area (TPSA) is 86.8 Å². The Hall–Kier alpha value is -2.67. The number of aromatic amines is 1. The van der Waals surface area contributed by atoms with Crippen LogP contribution in [0.25, 0.3) is 22.4 Å². The lowest BCUT2D eigenvalue weighted by Gasteiger charge is -2.32. The molecule has 3 heterocycles. The van der Waals surface area contributed by atoms with E-state index in [-0.39, 0.29) is 5.91 Å². The van der Waals surface area contributed by atoms with Gasteiger partial charge in [-0.2, -0.15) is 0 Å². The van der Waals surface area contributed by atoms with Gasteiger partial charge in [0.1, 0.15) is 17.0 Å². The Balaban J connectivity index is 1.95. The predicted molar refractivity (Wildman–Crippen MR) is 108 cm³/mol. The highest BCUT2D eigenvalue weighted by molar-refractivity contribution is 6.31. The third kappa shape index (κ3) is 3.73. The average Bonchev–Trinajstić information content (AvgIpc) is 3.09. The summed E-state index contributed by atoms with van der Waals surface area (Å²) in [5.74, 6) is 1.15. The van der Waals surface area contributed by atoms with Gasteiger partial charge in [0, 0.05) is 43.1 Å². The third-order valence-corrected chi connectivity index (χ3v) is 5.01. The number of rotatable bonds is 6. The van der Waals surface area contributed by atoms with Gasteiger partial charge >= 0.3 is 0 Å². The van der Waals surface area contributed by atoms with E-state index in [9.17, 15) is 4.79 Å². The number of hydrogen-bond donors (Lipinski definition) is 2. The van der Waals surface area contributed by atoms with Crippen molar-refractivity contribution in [3.8, 4) is 11.4 Å². The lowest BCUT2D eigenvalue weighted by atomic mass is 9.97. The second-order valence-corrected chi connectivity index (χ2v) is 7.08. The largest absolute Gasteiger partial charge is 0.356 e. The first-order valence-electron chi connectivity index (χ1n) is 8.87. The van der Waals surface area contributed by atoms with Crippen LogP contribution in [-0.2, 0) is 4.79 Å². The number of H-pyrrole nitrogens is 1. The summed E-state index contributed by atoms with van der Waals surface area (Å²) in [5, 5.41) is 4.68. The van der Waals surface area contributed by atoms with E-state index in [2.05, 4.69) is 25.3 Å². The number of halogens is 1. The molecule has 0 saturated heterocycles. The molecule has 3 aromatic rings. The van der Waals surface area contributed by atoms with Crippen molar-refractivity contribution in [2.75, 3.05) is 18.9 Å². The molecule has 2 N–H and O–H groups in total. The molecule has 8 heteroatoms. The number of fused-ring (bicyclic) bond motifs is 1. The van der Waals surface area contributed by atoms with Gasteiger partial charge in [-0.1, -0.05) is 18.5 Å². The fourth-order valence-corrected chi connectivity index (χ4v) is 3.02. The molecule has 7 nitrogen and oxygen atoms in total. The second-order valence-electron chi connectivity index (χ2n) is 6.65. The standard InChI is InChI=1S/C19H23ClN6O/c1-5-19(3,18(27)26(4)6-2)25-15-7-8-21-17(24-15)14-11-23-16-13(14)9-12(20)10-22-16/h7-11H,5-6H2,1-4H3,(H,22,23)(H,21,24,25)/t19-/m1/s1. The number of nitrogens with zero attached hydrogens (tertiary/aromatic N) is 4. The van der Waals surface area contributed by atoms with E-state index >= 15 is 0 Å². The molecule has 142 valence electrons. The number of carbonyl (C=O) groups is 1. The molecule has 0 aliphatic heterocycles. The summed E-state index contributed by atoms with van der Waals surface area (Å²) in [7, 11) is 1.80. The van der Waals surface area contributed by atoms with E-state index in [0.29, 0.717) is 29.6 Å². The molecule has 0 aromatic carbocycles. The predicted octanol–water partition coefficient (Wildman–Crippen LogP) is 3.73. The Bertz CT molecular complexity index is 972. The van der Waals surface area contributed by atoms with Crippen molar-refractivity contribution in [2.24, 2.45) is 0 Å². The van der Waals surface area contributed by atoms with Gasteiger partial charge < -0.3 is 15.2 Å². The molecule has 0 bridgehead atoms. The number of anilines is 1. The zero-order valence-electron chi connectivity index (χ0n) is 15.9. The highest BCUT2D eigenvalue weighted by atomic mass is 35.5. The van der Waals surface area contributed by atoms with Crippen LogP contribution in [0, 0.1) is 0 Å².